The Balaban J connectivity index is 1.71. The number of nitrogens with zero attached hydrogens (tertiary/aromatic N) is 2. The molecule has 0 aliphatic carbocycles. The van der Waals surface area contributed by atoms with Crippen LogP contribution < -0.4 is 10.1 Å². The molecule has 1 aliphatic rings. The largest absolute Gasteiger partial charge is 0.494 e. The third kappa shape index (κ3) is 6.23. The number of hydrogen-bond acceptors (Lipinski definition) is 5. The van der Waals surface area contributed by atoms with Crippen molar-refractivity contribution < 1.29 is 24.2 Å². The topological polar surface area (TPSA) is 99.2 Å². The van der Waals surface area contributed by atoms with Gasteiger partial charge in [-0.05, 0) is 51.5 Å². The zero-order chi connectivity index (χ0) is 20.7. The summed E-state index contributed by atoms with van der Waals surface area (Å²) in [4.78, 5) is 38.2. The van der Waals surface area contributed by atoms with Gasteiger partial charge in [0.05, 0.1) is 6.61 Å². The molecule has 8 nitrogen and oxygen atoms in total. The minimum Gasteiger partial charge on any atom is -0.494 e. The lowest BCUT2D eigenvalue weighted by atomic mass is 10.1. The van der Waals surface area contributed by atoms with E-state index in [0.717, 1.165) is 25.3 Å². The molecule has 0 spiro atoms. The molecule has 1 heterocycles. The van der Waals surface area contributed by atoms with Crippen LogP contribution in [0, 0.1) is 0 Å². The SMILES string of the molecule is CC(=O)c1ccc(OCC[C@@H](C)N2CCN(C(=O)[C@@H](C)NC(=O)O)CC2)cc1. The van der Waals surface area contributed by atoms with Gasteiger partial charge in [0, 0.05) is 37.8 Å². The van der Waals surface area contributed by atoms with Gasteiger partial charge in [-0.3, -0.25) is 14.5 Å². The Hall–Kier alpha value is -2.61. The molecule has 28 heavy (non-hydrogen) atoms. The average molecular weight is 391 g/mol. The number of benzene rings is 1. The molecule has 1 aromatic carbocycles. The van der Waals surface area contributed by atoms with Crippen LogP contribution >= 0.6 is 0 Å². The van der Waals surface area contributed by atoms with Gasteiger partial charge in [-0.25, -0.2) is 4.79 Å². The lowest BCUT2D eigenvalue weighted by molar-refractivity contribution is -0.135. The zero-order valence-corrected chi connectivity index (χ0v) is 16.7. The Morgan fingerprint density at radius 2 is 1.71 bits per heavy atom. The Bertz CT molecular complexity index is 684. The van der Waals surface area contributed by atoms with Gasteiger partial charge >= 0.3 is 6.09 Å². The number of nitrogens with one attached hydrogen (secondary N) is 1. The van der Waals surface area contributed by atoms with Crippen molar-refractivity contribution in [2.24, 2.45) is 0 Å². The van der Waals surface area contributed by atoms with E-state index in [4.69, 9.17) is 9.84 Å². The number of ketones is 1. The van der Waals surface area contributed by atoms with Crippen molar-refractivity contribution in [3.63, 3.8) is 0 Å². The van der Waals surface area contributed by atoms with E-state index in [0.29, 0.717) is 31.3 Å². The molecule has 0 aromatic heterocycles. The molecule has 1 aliphatic heterocycles. The van der Waals surface area contributed by atoms with Gasteiger partial charge in [0.2, 0.25) is 5.91 Å². The predicted molar refractivity (Wildman–Crippen MR) is 105 cm³/mol. The fraction of sp³-hybridized carbons (Fsp3) is 0.550. The summed E-state index contributed by atoms with van der Waals surface area (Å²) < 4.78 is 5.76. The minimum atomic E-state index is -1.19. The lowest BCUT2D eigenvalue weighted by Crippen LogP contribution is -2.55. The first-order chi connectivity index (χ1) is 13.3. The van der Waals surface area contributed by atoms with E-state index < -0.39 is 12.1 Å². The van der Waals surface area contributed by atoms with Gasteiger partial charge in [-0.15, -0.1) is 0 Å². The molecule has 2 amide bonds. The van der Waals surface area contributed by atoms with E-state index in [1.54, 1.807) is 36.1 Å². The van der Waals surface area contributed by atoms with Crippen molar-refractivity contribution >= 4 is 17.8 Å². The summed E-state index contributed by atoms with van der Waals surface area (Å²) in [5, 5.41) is 10.9. The normalized spacial score (nSPS) is 16.9. The van der Waals surface area contributed by atoms with Crippen LogP contribution in [0.1, 0.15) is 37.6 Å². The maximum atomic E-state index is 12.2. The number of carbonyl (C=O) groups excluding carboxylic acids is 2. The number of amides is 2. The zero-order valence-electron chi connectivity index (χ0n) is 16.7. The molecular weight excluding hydrogens is 362 g/mol. The molecule has 154 valence electrons. The Morgan fingerprint density at radius 1 is 1.11 bits per heavy atom. The van der Waals surface area contributed by atoms with Crippen LogP contribution in [0.2, 0.25) is 0 Å². The van der Waals surface area contributed by atoms with E-state index in [1.807, 2.05) is 0 Å². The molecule has 2 N–H and O–H groups in total. The van der Waals surface area contributed by atoms with Crippen LogP contribution in [0.3, 0.4) is 0 Å². The highest BCUT2D eigenvalue weighted by Crippen LogP contribution is 2.15. The fourth-order valence-electron chi connectivity index (χ4n) is 3.22. The maximum Gasteiger partial charge on any atom is 0.405 e. The van der Waals surface area contributed by atoms with Crippen LogP contribution in [0.15, 0.2) is 24.3 Å². The van der Waals surface area contributed by atoms with E-state index in [9.17, 15) is 14.4 Å². The summed E-state index contributed by atoms with van der Waals surface area (Å²) in [6, 6.07) is 6.71. The summed E-state index contributed by atoms with van der Waals surface area (Å²) in [6.45, 7) is 8.47. The first-order valence-corrected chi connectivity index (χ1v) is 9.54. The first-order valence-electron chi connectivity index (χ1n) is 9.54. The molecule has 2 atom stereocenters. The number of ether oxygens (including phenoxy) is 1. The minimum absolute atomic E-state index is 0.0333. The third-order valence-electron chi connectivity index (χ3n) is 5.02. The predicted octanol–water partition coefficient (Wildman–Crippen LogP) is 1.85. The van der Waals surface area contributed by atoms with Gasteiger partial charge in [0.1, 0.15) is 11.8 Å². The number of carbonyl (C=O) groups is 3. The molecule has 8 heteroatoms. The molecule has 2 rings (SSSR count). The summed E-state index contributed by atoms with van der Waals surface area (Å²) in [6.07, 6.45) is -0.344. The first kappa shape index (κ1) is 21.7. The number of hydrogen-bond donors (Lipinski definition) is 2. The monoisotopic (exact) mass is 391 g/mol. The Morgan fingerprint density at radius 3 is 2.25 bits per heavy atom. The molecule has 1 aromatic rings. The van der Waals surface area contributed by atoms with E-state index in [2.05, 4.69) is 17.1 Å². The summed E-state index contributed by atoms with van der Waals surface area (Å²) in [5.41, 5.74) is 0.668. The van der Waals surface area contributed by atoms with E-state index >= 15 is 0 Å². The average Bonchev–Trinajstić information content (AvgIpc) is 2.67. The second kappa shape index (κ2) is 10.1. The van der Waals surface area contributed by atoms with Crippen molar-refractivity contribution in [1.82, 2.24) is 15.1 Å². The molecule has 0 bridgehead atoms. The highest BCUT2D eigenvalue weighted by Gasteiger charge is 2.27. The second-order valence-electron chi connectivity index (χ2n) is 7.10. The summed E-state index contributed by atoms with van der Waals surface area (Å²) >= 11 is 0. The molecule has 1 saturated heterocycles. The van der Waals surface area contributed by atoms with Crippen LogP contribution in [-0.4, -0.2) is 77.6 Å². The molecule has 0 radical (unpaired) electrons. The smallest absolute Gasteiger partial charge is 0.405 e. The highest BCUT2D eigenvalue weighted by molar-refractivity contribution is 5.94. The Kier molecular flexibility index (Phi) is 7.80. The molecule has 0 saturated carbocycles. The van der Waals surface area contributed by atoms with Crippen molar-refractivity contribution in [1.29, 1.82) is 0 Å². The van der Waals surface area contributed by atoms with Gasteiger partial charge in [0.15, 0.2) is 5.78 Å². The van der Waals surface area contributed by atoms with Gasteiger partial charge < -0.3 is 20.1 Å². The fourth-order valence-corrected chi connectivity index (χ4v) is 3.22. The van der Waals surface area contributed by atoms with Gasteiger partial charge in [-0.1, -0.05) is 0 Å². The maximum absolute atomic E-state index is 12.2. The highest BCUT2D eigenvalue weighted by atomic mass is 16.5. The summed E-state index contributed by atoms with van der Waals surface area (Å²) in [5.74, 6) is 0.588. The van der Waals surface area contributed by atoms with Crippen molar-refractivity contribution in [3.05, 3.63) is 29.8 Å². The van der Waals surface area contributed by atoms with Crippen LogP contribution in [0.5, 0.6) is 5.75 Å². The van der Waals surface area contributed by atoms with E-state index in [-0.39, 0.29) is 11.7 Å². The summed E-state index contributed by atoms with van der Waals surface area (Å²) in [7, 11) is 0. The van der Waals surface area contributed by atoms with Crippen molar-refractivity contribution in [3.8, 4) is 5.75 Å². The van der Waals surface area contributed by atoms with E-state index in [1.165, 1.54) is 6.92 Å². The number of piperazine rings is 1. The second-order valence-corrected chi connectivity index (χ2v) is 7.10. The molecular formula is C20H29N3O5. The lowest BCUT2D eigenvalue weighted by Gasteiger charge is -2.38. The number of rotatable bonds is 8. The molecule has 0 unspecified atom stereocenters. The van der Waals surface area contributed by atoms with Gasteiger partial charge in [-0.2, -0.15) is 0 Å². The Labute approximate surface area is 165 Å². The third-order valence-corrected chi connectivity index (χ3v) is 5.02. The molecule has 1 fully saturated rings. The quantitative estimate of drug-likeness (QED) is 0.656. The van der Waals surface area contributed by atoms with Crippen molar-refractivity contribution in [2.75, 3.05) is 32.8 Å². The van der Waals surface area contributed by atoms with Crippen molar-refractivity contribution in [2.45, 2.75) is 39.3 Å². The number of carboxylic acid groups (broad SMARTS) is 1. The van der Waals surface area contributed by atoms with Crippen LogP contribution in [0.4, 0.5) is 4.79 Å². The number of Topliss-reactive ketones (excluding diaryl/α,β-unsaturated/α-hetero) is 1. The van der Waals surface area contributed by atoms with Gasteiger partial charge in [0.25, 0.3) is 0 Å². The standard InChI is InChI=1S/C20H29N3O5/c1-14(8-13-28-18-6-4-17(5-7-18)16(3)24)22-9-11-23(12-10-22)19(25)15(2)21-20(26)27/h4-7,14-15,21H,8-13H2,1-3H3,(H,26,27)/t14-,15-/m1/s1. The van der Waals surface area contributed by atoms with Crippen LogP contribution in [-0.2, 0) is 4.79 Å². The van der Waals surface area contributed by atoms with Crippen LogP contribution in [0.25, 0.3) is 0 Å².